The van der Waals surface area contributed by atoms with Gasteiger partial charge in [0.2, 0.25) is 10.0 Å². The molecule has 0 bridgehead atoms. The molecule has 1 aromatic carbocycles. The van der Waals surface area contributed by atoms with Gasteiger partial charge in [-0.25, -0.2) is 8.42 Å². The molecule has 20 heavy (non-hydrogen) atoms. The van der Waals surface area contributed by atoms with E-state index in [0.29, 0.717) is 16.8 Å². The van der Waals surface area contributed by atoms with Crippen molar-refractivity contribution in [1.29, 1.82) is 0 Å². The minimum atomic E-state index is -3.57. The summed E-state index contributed by atoms with van der Waals surface area (Å²) in [5, 5.41) is 0. The molecule has 0 saturated heterocycles. The average Bonchev–Trinajstić information content (AvgIpc) is 2.88. The van der Waals surface area contributed by atoms with Crippen LogP contribution < -0.4 is 0 Å². The fourth-order valence-electron chi connectivity index (χ4n) is 1.77. The van der Waals surface area contributed by atoms with Gasteiger partial charge in [-0.05, 0) is 46.3 Å². The third kappa shape index (κ3) is 3.33. The van der Waals surface area contributed by atoms with Crippen molar-refractivity contribution in [2.24, 2.45) is 0 Å². The summed E-state index contributed by atoms with van der Waals surface area (Å²) in [5.41, 5.74) is 0. The molecule has 0 amide bonds. The number of furan rings is 1. The third-order valence-electron chi connectivity index (χ3n) is 2.78. The molecule has 1 aromatic heterocycles. The Kier molecular flexibility index (Phi) is 5.06. The van der Waals surface area contributed by atoms with Crippen LogP contribution in [0.2, 0.25) is 0 Å². The van der Waals surface area contributed by atoms with Gasteiger partial charge in [-0.2, -0.15) is 4.31 Å². The first kappa shape index (κ1) is 15.8. The smallest absolute Gasteiger partial charge is 0.244 e. The zero-order valence-electron chi connectivity index (χ0n) is 10.7. The van der Waals surface area contributed by atoms with Gasteiger partial charge in [-0.15, -0.1) is 0 Å². The van der Waals surface area contributed by atoms with Crippen LogP contribution in [0.25, 0.3) is 0 Å². The van der Waals surface area contributed by atoms with Crippen LogP contribution in [-0.4, -0.2) is 19.3 Å². The molecule has 0 atom stereocenters. The molecular weight excluding hydrogens is 410 g/mol. The number of sulfonamides is 1. The largest absolute Gasteiger partial charge is 0.468 e. The summed E-state index contributed by atoms with van der Waals surface area (Å²) >= 11 is 6.61. The molecule has 2 rings (SSSR count). The minimum absolute atomic E-state index is 0.217. The standard InChI is InChI=1S/C13H13Br2NO3S/c1-2-16(9-11-4-3-7-19-11)20(17,18)13-6-5-10(14)8-12(13)15/h3-8H,2,9H2,1H3. The number of hydrogen-bond acceptors (Lipinski definition) is 3. The molecular formula is C13H13Br2NO3S. The summed E-state index contributed by atoms with van der Waals surface area (Å²) in [7, 11) is -3.57. The van der Waals surface area contributed by atoms with E-state index in [9.17, 15) is 8.42 Å². The summed E-state index contributed by atoms with van der Waals surface area (Å²) in [6.45, 7) is 2.38. The van der Waals surface area contributed by atoms with Crippen LogP contribution >= 0.6 is 31.9 Å². The van der Waals surface area contributed by atoms with E-state index in [1.54, 1.807) is 37.3 Å². The Morgan fingerprint density at radius 3 is 2.55 bits per heavy atom. The lowest BCUT2D eigenvalue weighted by atomic mass is 10.4. The van der Waals surface area contributed by atoms with Gasteiger partial charge in [0.25, 0.3) is 0 Å². The van der Waals surface area contributed by atoms with Crippen LogP contribution in [0.5, 0.6) is 0 Å². The molecule has 4 nitrogen and oxygen atoms in total. The van der Waals surface area contributed by atoms with Crippen molar-refractivity contribution in [3.63, 3.8) is 0 Å². The molecule has 0 aliphatic rings. The maximum atomic E-state index is 12.7. The van der Waals surface area contributed by atoms with Crippen LogP contribution in [0.1, 0.15) is 12.7 Å². The van der Waals surface area contributed by atoms with Crippen molar-refractivity contribution in [2.45, 2.75) is 18.4 Å². The van der Waals surface area contributed by atoms with Crippen molar-refractivity contribution in [3.8, 4) is 0 Å². The molecule has 1 heterocycles. The van der Waals surface area contributed by atoms with Gasteiger partial charge in [0.15, 0.2) is 0 Å². The molecule has 0 fully saturated rings. The predicted octanol–water partition coefficient (Wildman–Crippen LogP) is 4.02. The normalized spacial score (nSPS) is 12.0. The van der Waals surface area contributed by atoms with Crippen LogP contribution in [0.3, 0.4) is 0 Å². The Bertz CT molecular complexity index is 684. The molecule has 0 radical (unpaired) electrons. The highest BCUT2D eigenvalue weighted by atomic mass is 79.9. The first-order chi connectivity index (χ1) is 9.45. The fourth-order valence-corrected chi connectivity index (χ4v) is 4.89. The summed E-state index contributed by atoms with van der Waals surface area (Å²) in [5.74, 6) is 0.614. The monoisotopic (exact) mass is 421 g/mol. The first-order valence-electron chi connectivity index (χ1n) is 5.92. The van der Waals surface area contributed by atoms with Gasteiger partial charge in [-0.1, -0.05) is 22.9 Å². The Balaban J connectivity index is 2.36. The lowest BCUT2D eigenvalue weighted by Gasteiger charge is -2.20. The molecule has 108 valence electrons. The summed E-state index contributed by atoms with van der Waals surface area (Å²) in [4.78, 5) is 0.245. The second-order valence-electron chi connectivity index (χ2n) is 4.09. The molecule has 7 heteroatoms. The molecule has 2 aromatic rings. The van der Waals surface area contributed by atoms with E-state index >= 15 is 0 Å². The molecule has 0 aliphatic heterocycles. The molecule has 0 N–H and O–H groups in total. The maximum Gasteiger partial charge on any atom is 0.244 e. The minimum Gasteiger partial charge on any atom is -0.468 e. The predicted molar refractivity (Wildman–Crippen MR) is 83.8 cm³/mol. The fraction of sp³-hybridized carbons (Fsp3) is 0.231. The maximum absolute atomic E-state index is 12.7. The highest BCUT2D eigenvalue weighted by Crippen LogP contribution is 2.28. The summed E-state index contributed by atoms with van der Waals surface area (Å²) in [6.07, 6.45) is 1.53. The van der Waals surface area contributed by atoms with Crippen molar-refractivity contribution in [3.05, 3.63) is 51.3 Å². The zero-order chi connectivity index (χ0) is 14.8. The number of nitrogens with zero attached hydrogens (tertiary/aromatic N) is 1. The lowest BCUT2D eigenvalue weighted by Crippen LogP contribution is -2.30. The number of hydrogen-bond donors (Lipinski definition) is 0. The third-order valence-corrected chi connectivity index (χ3v) is 6.17. The van der Waals surface area contributed by atoms with Crippen molar-refractivity contribution >= 4 is 41.9 Å². The van der Waals surface area contributed by atoms with Crippen LogP contribution in [0.4, 0.5) is 0 Å². The molecule has 0 unspecified atom stereocenters. The first-order valence-corrected chi connectivity index (χ1v) is 8.95. The zero-order valence-corrected chi connectivity index (χ0v) is 14.7. The lowest BCUT2D eigenvalue weighted by molar-refractivity contribution is 0.375. The van der Waals surface area contributed by atoms with E-state index in [2.05, 4.69) is 31.9 Å². The van der Waals surface area contributed by atoms with E-state index in [1.165, 1.54) is 10.6 Å². The summed E-state index contributed by atoms with van der Waals surface area (Å²) < 4.78 is 33.3. The van der Waals surface area contributed by atoms with E-state index in [4.69, 9.17) is 4.42 Å². The Morgan fingerprint density at radius 1 is 1.25 bits per heavy atom. The average molecular weight is 423 g/mol. The van der Waals surface area contributed by atoms with Crippen molar-refractivity contribution in [1.82, 2.24) is 4.31 Å². The van der Waals surface area contributed by atoms with Gasteiger partial charge in [0.1, 0.15) is 5.76 Å². The van der Waals surface area contributed by atoms with Crippen LogP contribution in [0, 0.1) is 0 Å². The van der Waals surface area contributed by atoms with Gasteiger partial charge in [-0.3, -0.25) is 0 Å². The Morgan fingerprint density at radius 2 is 2.00 bits per heavy atom. The number of halogens is 2. The summed E-state index contributed by atoms with van der Waals surface area (Å²) in [6, 6.07) is 8.50. The van der Waals surface area contributed by atoms with Crippen molar-refractivity contribution in [2.75, 3.05) is 6.54 Å². The number of rotatable bonds is 5. The van der Waals surface area contributed by atoms with E-state index < -0.39 is 10.0 Å². The van der Waals surface area contributed by atoms with E-state index in [1.807, 2.05) is 0 Å². The Hall–Kier alpha value is -0.630. The van der Waals surface area contributed by atoms with Gasteiger partial charge in [0, 0.05) is 15.5 Å². The van der Waals surface area contributed by atoms with Gasteiger partial charge < -0.3 is 4.42 Å². The Labute approximate surface area is 135 Å². The van der Waals surface area contributed by atoms with E-state index in [0.717, 1.165) is 4.47 Å². The van der Waals surface area contributed by atoms with Gasteiger partial charge in [0.05, 0.1) is 17.7 Å². The SMILES string of the molecule is CCN(Cc1ccco1)S(=O)(=O)c1ccc(Br)cc1Br. The van der Waals surface area contributed by atoms with Crippen molar-refractivity contribution < 1.29 is 12.8 Å². The number of benzene rings is 1. The van der Waals surface area contributed by atoms with Crippen LogP contribution in [-0.2, 0) is 16.6 Å². The molecule has 0 saturated carbocycles. The van der Waals surface area contributed by atoms with E-state index in [-0.39, 0.29) is 11.4 Å². The second kappa shape index (κ2) is 6.43. The quantitative estimate of drug-likeness (QED) is 0.731. The highest BCUT2D eigenvalue weighted by molar-refractivity contribution is 9.11. The van der Waals surface area contributed by atoms with Crippen LogP contribution in [0.15, 0.2) is 54.9 Å². The second-order valence-corrected chi connectivity index (χ2v) is 7.76. The molecule has 0 spiro atoms. The molecule has 0 aliphatic carbocycles. The van der Waals surface area contributed by atoms with Gasteiger partial charge >= 0.3 is 0 Å². The topological polar surface area (TPSA) is 50.5 Å². The highest BCUT2D eigenvalue weighted by Gasteiger charge is 2.26.